The predicted octanol–water partition coefficient (Wildman–Crippen LogP) is 1.06. The molecule has 0 saturated carbocycles. The lowest BCUT2D eigenvalue weighted by Crippen LogP contribution is -2.50. The number of fused-ring (bicyclic) bond motifs is 2. The molecule has 0 bridgehead atoms. The molecule has 2 amide bonds. The summed E-state index contributed by atoms with van der Waals surface area (Å²) < 4.78 is 5.41. The number of hydrogen-bond donors (Lipinski definition) is 2. The third kappa shape index (κ3) is 2.93. The second-order valence-corrected chi connectivity index (χ2v) is 6.71. The minimum atomic E-state index is -1.42. The minimum absolute atomic E-state index is 0.00972. The first-order chi connectivity index (χ1) is 12.6. The number of aliphatic hydroxyl groups is 1. The van der Waals surface area contributed by atoms with E-state index < -0.39 is 11.5 Å². The van der Waals surface area contributed by atoms with E-state index in [1.165, 1.54) is 0 Å². The van der Waals surface area contributed by atoms with Crippen molar-refractivity contribution in [2.45, 2.75) is 18.4 Å². The highest BCUT2D eigenvalue weighted by atomic mass is 16.5. The molecule has 2 N–H and O–H groups in total. The molecule has 26 heavy (non-hydrogen) atoms. The molecule has 2 aliphatic rings. The number of nitrogens with one attached hydrogen (secondary N) is 1. The molecule has 6 heteroatoms. The highest BCUT2D eigenvalue weighted by Crippen LogP contribution is 2.32. The molecule has 0 spiro atoms. The van der Waals surface area contributed by atoms with E-state index in [-0.39, 0.29) is 19.1 Å². The number of rotatable bonds is 4. The van der Waals surface area contributed by atoms with Gasteiger partial charge in [-0.15, -0.1) is 0 Å². The number of hydrogen-bond acceptors (Lipinski definition) is 4. The Bertz CT molecular complexity index is 839. The maximum atomic E-state index is 12.5. The Morgan fingerprint density at radius 3 is 2.50 bits per heavy atom. The Hall–Kier alpha value is -2.86. The number of ether oxygens (including phenoxy) is 1. The van der Waals surface area contributed by atoms with E-state index in [1.807, 2.05) is 48.5 Å². The van der Waals surface area contributed by atoms with E-state index >= 15 is 0 Å². The molecule has 1 heterocycles. The van der Waals surface area contributed by atoms with Crippen LogP contribution < -0.4 is 15.0 Å². The third-order valence-electron chi connectivity index (χ3n) is 4.94. The average Bonchev–Trinajstić information content (AvgIpc) is 3.01. The van der Waals surface area contributed by atoms with E-state index in [4.69, 9.17) is 4.74 Å². The van der Waals surface area contributed by atoms with E-state index in [9.17, 15) is 14.7 Å². The lowest BCUT2D eigenvalue weighted by atomic mass is 9.99. The molecule has 134 valence electrons. The molecule has 1 aliphatic heterocycles. The van der Waals surface area contributed by atoms with Crippen LogP contribution in [0.1, 0.15) is 11.1 Å². The smallest absolute Gasteiger partial charge is 0.265 e. The molecule has 6 nitrogen and oxygen atoms in total. The SMILES string of the molecule is O=C1COc2ccccc2N1CCNC(=O)C1(O)Cc2ccccc2C1. The normalized spacial score (nSPS) is 17.3. The van der Waals surface area contributed by atoms with Crippen LogP contribution in [-0.2, 0) is 22.4 Å². The number of benzene rings is 2. The van der Waals surface area contributed by atoms with E-state index in [0.717, 1.165) is 11.1 Å². The summed E-state index contributed by atoms with van der Waals surface area (Å²) in [4.78, 5) is 26.3. The van der Waals surface area contributed by atoms with Gasteiger partial charge in [-0.05, 0) is 23.3 Å². The van der Waals surface area contributed by atoms with Crippen molar-refractivity contribution >= 4 is 17.5 Å². The average molecular weight is 352 g/mol. The zero-order valence-electron chi connectivity index (χ0n) is 14.3. The monoisotopic (exact) mass is 352 g/mol. The molecular formula is C20H20N2O4. The maximum absolute atomic E-state index is 12.5. The summed E-state index contributed by atoms with van der Waals surface area (Å²) in [5, 5.41) is 13.5. The zero-order valence-corrected chi connectivity index (χ0v) is 14.3. The van der Waals surface area contributed by atoms with Gasteiger partial charge in [-0.2, -0.15) is 0 Å². The number of amides is 2. The second-order valence-electron chi connectivity index (χ2n) is 6.71. The molecule has 4 rings (SSSR count). The van der Waals surface area contributed by atoms with Gasteiger partial charge in [0.2, 0.25) is 0 Å². The van der Waals surface area contributed by atoms with Gasteiger partial charge in [-0.3, -0.25) is 9.59 Å². The van der Waals surface area contributed by atoms with Crippen molar-refractivity contribution in [2.75, 3.05) is 24.6 Å². The van der Waals surface area contributed by atoms with Crippen LogP contribution in [0.2, 0.25) is 0 Å². The molecule has 0 fully saturated rings. The van der Waals surface area contributed by atoms with E-state index in [2.05, 4.69) is 5.32 Å². The standard InChI is InChI=1S/C20H20N2O4/c23-18-13-26-17-8-4-3-7-16(17)22(18)10-9-21-19(24)20(25)11-14-5-1-2-6-15(14)12-20/h1-8,25H,9-13H2,(H,21,24). The van der Waals surface area contributed by atoms with Crippen molar-refractivity contribution in [1.82, 2.24) is 5.32 Å². The van der Waals surface area contributed by atoms with E-state index in [0.29, 0.717) is 30.8 Å². The van der Waals surface area contributed by atoms with Crippen molar-refractivity contribution in [1.29, 1.82) is 0 Å². The van der Waals surface area contributed by atoms with Crippen LogP contribution in [0.5, 0.6) is 5.75 Å². The first-order valence-corrected chi connectivity index (χ1v) is 8.66. The number of carbonyl (C=O) groups excluding carboxylic acids is 2. The molecule has 2 aromatic carbocycles. The van der Waals surface area contributed by atoms with Gasteiger partial charge in [0.15, 0.2) is 12.2 Å². The van der Waals surface area contributed by atoms with Crippen LogP contribution in [0.15, 0.2) is 48.5 Å². The fourth-order valence-corrected chi connectivity index (χ4v) is 3.60. The van der Waals surface area contributed by atoms with Gasteiger partial charge in [-0.25, -0.2) is 0 Å². The number of anilines is 1. The Labute approximate surface area is 151 Å². The number of nitrogens with zero attached hydrogens (tertiary/aromatic N) is 1. The van der Waals surface area contributed by atoms with Crippen LogP contribution in [0.3, 0.4) is 0 Å². The van der Waals surface area contributed by atoms with Crippen LogP contribution in [0, 0.1) is 0 Å². The van der Waals surface area contributed by atoms with Gasteiger partial charge in [-0.1, -0.05) is 36.4 Å². The second kappa shape index (κ2) is 6.46. The quantitative estimate of drug-likeness (QED) is 0.862. The fourth-order valence-electron chi connectivity index (χ4n) is 3.60. The molecule has 0 atom stereocenters. The zero-order chi connectivity index (χ0) is 18.1. The Morgan fingerprint density at radius 1 is 1.12 bits per heavy atom. The minimum Gasteiger partial charge on any atom is -0.482 e. The number of carbonyl (C=O) groups is 2. The topological polar surface area (TPSA) is 78.9 Å². The van der Waals surface area contributed by atoms with Crippen LogP contribution in [-0.4, -0.2) is 42.2 Å². The lowest BCUT2D eigenvalue weighted by Gasteiger charge is -2.30. The van der Waals surface area contributed by atoms with Crippen molar-refractivity contribution < 1.29 is 19.4 Å². The lowest BCUT2D eigenvalue weighted by molar-refractivity contribution is -0.138. The highest BCUT2D eigenvalue weighted by molar-refractivity contribution is 5.97. The van der Waals surface area contributed by atoms with Crippen molar-refractivity contribution in [3.8, 4) is 5.75 Å². The first-order valence-electron chi connectivity index (χ1n) is 8.66. The summed E-state index contributed by atoms with van der Waals surface area (Å²) in [6.07, 6.45) is 0.628. The first kappa shape index (κ1) is 16.6. The molecule has 0 unspecified atom stereocenters. The summed E-state index contributed by atoms with van der Waals surface area (Å²) in [5.74, 6) is 0.107. The molecule has 2 aromatic rings. The van der Waals surface area contributed by atoms with Crippen molar-refractivity contribution in [3.63, 3.8) is 0 Å². The molecule has 0 radical (unpaired) electrons. The van der Waals surface area contributed by atoms with Crippen LogP contribution in [0.25, 0.3) is 0 Å². The molecule has 0 saturated heterocycles. The van der Waals surface area contributed by atoms with Crippen LogP contribution in [0.4, 0.5) is 5.69 Å². The number of para-hydroxylation sites is 2. The van der Waals surface area contributed by atoms with Gasteiger partial charge in [0, 0.05) is 25.9 Å². The Kier molecular flexibility index (Phi) is 4.12. The fraction of sp³-hybridized carbons (Fsp3) is 0.300. The molecular weight excluding hydrogens is 332 g/mol. The third-order valence-corrected chi connectivity index (χ3v) is 4.94. The molecule has 0 aromatic heterocycles. The largest absolute Gasteiger partial charge is 0.482 e. The van der Waals surface area contributed by atoms with E-state index in [1.54, 1.807) is 4.90 Å². The van der Waals surface area contributed by atoms with Crippen molar-refractivity contribution in [2.24, 2.45) is 0 Å². The van der Waals surface area contributed by atoms with Gasteiger partial charge >= 0.3 is 0 Å². The van der Waals surface area contributed by atoms with Gasteiger partial charge in [0.1, 0.15) is 5.75 Å². The van der Waals surface area contributed by atoms with Gasteiger partial charge in [0.05, 0.1) is 5.69 Å². The van der Waals surface area contributed by atoms with Gasteiger partial charge in [0.25, 0.3) is 11.8 Å². The Balaban J connectivity index is 1.38. The summed E-state index contributed by atoms with van der Waals surface area (Å²) in [6.45, 7) is 0.579. The highest BCUT2D eigenvalue weighted by Gasteiger charge is 2.41. The molecule has 1 aliphatic carbocycles. The maximum Gasteiger partial charge on any atom is 0.265 e. The predicted molar refractivity (Wildman–Crippen MR) is 96.1 cm³/mol. The Morgan fingerprint density at radius 2 is 1.77 bits per heavy atom. The summed E-state index contributed by atoms with van der Waals surface area (Å²) in [5.41, 5.74) is 1.28. The summed E-state index contributed by atoms with van der Waals surface area (Å²) >= 11 is 0. The van der Waals surface area contributed by atoms with Gasteiger partial charge < -0.3 is 20.1 Å². The summed E-state index contributed by atoms with van der Waals surface area (Å²) in [6, 6.07) is 15.0. The summed E-state index contributed by atoms with van der Waals surface area (Å²) in [7, 11) is 0. The van der Waals surface area contributed by atoms with Crippen molar-refractivity contribution in [3.05, 3.63) is 59.7 Å². The van der Waals surface area contributed by atoms with Crippen LogP contribution >= 0.6 is 0 Å².